The first-order valence-electron chi connectivity index (χ1n) is 8.49. The van der Waals surface area contributed by atoms with E-state index in [4.69, 9.17) is 0 Å². The minimum atomic E-state index is -0.245. The fourth-order valence-electron chi connectivity index (χ4n) is 2.97. The van der Waals surface area contributed by atoms with Gasteiger partial charge in [0, 0.05) is 45.1 Å². The van der Waals surface area contributed by atoms with Gasteiger partial charge in [-0.15, -0.1) is 0 Å². The Morgan fingerprint density at radius 1 is 1.33 bits per heavy atom. The van der Waals surface area contributed by atoms with E-state index in [2.05, 4.69) is 22.5 Å². The van der Waals surface area contributed by atoms with E-state index in [0.29, 0.717) is 6.54 Å². The van der Waals surface area contributed by atoms with Gasteiger partial charge in [-0.2, -0.15) is 0 Å². The van der Waals surface area contributed by atoms with Crippen LogP contribution in [0.4, 0.5) is 16.2 Å². The van der Waals surface area contributed by atoms with Crippen LogP contribution in [0.1, 0.15) is 20.3 Å². The molecule has 1 saturated heterocycles. The molecule has 0 spiro atoms. The molecule has 2 atom stereocenters. The van der Waals surface area contributed by atoms with Crippen molar-refractivity contribution in [1.82, 2.24) is 10.2 Å². The molecule has 0 aromatic heterocycles. The Morgan fingerprint density at radius 3 is 2.54 bits per heavy atom. The number of urea groups is 1. The van der Waals surface area contributed by atoms with Gasteiger partial charge in [-0.25, -0.2) is 4.79 Å². The Bertz CT molecular complexity index is 573. The average molecular weight is 332 g/mol. The van der Waals surface area contributed by atoms with E-state index in [1.54, 1.807) is 21.0 Å². The van der Waals surface area contributed by atoms with Crippen molar-refractivity contribution in [3.05, 3.63) is 24.3 Å². The highest BCUT2D eigenvalue weighted by Gasteiger charge is 2.19. The molecule has 1 aromatic rings. The molecule has 0 radical (unpaired) electrons. The van der Waals surface area contributed by atoms with Crippen LogP contribution in [0.25, 0.3) is 0 Å². The first-order chi connectivity index (χ1) is 11.4. The number of amides is 3. The van der Waals surface area contributed by atoms with Crippen molar-refractivity contribution in [2.24, 2.45) is 11.8 Å². The van der Waals surface area contributed by atoms with Gasteiger partial charge in [0.05, 0.1) is 5.92 Å². The zero-order chi connectivity index (χ0) is 17.7. The van der Waals surface area contributed by atoms with E-state index >= 15 is 0 Å². The molecule has 1 heterocycles. The minimum absolute atomic E-state index is 0.0705. The highest BCUT2D eigenvalue weighted by atomic mass is 16.2. The zero-order valence-corrected chi connectivity index (χ0v) is 15.0. The summed E-state index contributed by atoms with van der Waals surface area (Å²) in [6.45, 7) is 6.62. The Balaban J connectivity index is 1.88. The smallest absolute Gasteiger partial charge is 0.321 e. The Kier molecular flexibility index (Phi) is 6.06. The van der Waals surface area contributed by atoms with E-state index in [1.165, 1.54) is 17.0 Å². The number of carbonyl (C=O) groups excluding carboxylic acids is 2. The topological polar surface area (TPSA) is 64.7 Å². The molecule has 3 amide bonds. The molecule has 24 heavy (non-hydrogen) atoms. The fraction of sp³-hybridized carbons (Fsp3) is 0.556. The van der Waals surface area contributed by atoms with Gasteiger partial charge in [-0.1, -0.05) is 13.8 Å². The molecule has 1 fully saturated rings. The third-order valence-corrected chi connectivity index (χ3v) is 4.50. The lowest BCUT2D eigenvalue weighted by molar-refractivity contribution is -0.124. The summed E-state index contributed by atoms with van der Waals surface area (Å²) in [5, 5.41) is 5.46. The van der Waals surface area contributed by atoms with Crippen molar-refractivity contribution in [1.29, 1.82) is 0 Å². The summed E-state index contributed by atoms with van der Waals surface area (Å²) in [6, 6.07) is 7.72. The maximum absolute atomic E-state index is 12.2. The van der Waals surface area contributed by atoms with E-state index in [9.17, 15) is 9.59 Å². The predicted molar refractivity (Wildman–Crippen MR) is 97.3 cm³/mol. The van der Waals surface area contributed by atoms with E-state index in [1.807, 2.05) is 24.3 Å². The molecule has 2 N–H and O–H groups in total. The van der Waals surface area contributed by atoms with Crippen LogP contribution in [0.2, 0.25) is 0 Å². The van der Waals surface area contributed by atoms with Crippen molar-refractivity contribution in [2.45, 2.75) is 20.3 Å². The monoisotopic (exact) mass is 332 g/mol. The Labute approximate surface area is 144 Å². The first kappa shape index (κ1) is 18.1. The number of hydrogen-bond acceptors (Lipinski definition) is 3. The van der Waals surface area contributed by atoms with Gasteiger partial charge in [0.25, 0.3) is 0 Å². The van der Waals surface area contributed by atoms with E-state index < -0.39 is 0 Å². The number of nitrogens with one attached hydrogen (secondary N) is 2. The standard InChI is InChI=1S/C18H28N4O2/c1-13-9-10-22(11-13)16-7-5-15(6-8-16)20-18(24)21(4)12-14(2)17(23)19-3/h5-8,13-14H,9-12H2,1-4H3,(H,19,23)(H,20,24)/t13-,14+/m1/s1. The number of nitrogens with zero attached hydrogens (tertiary/aromatic N) is 2. The number of rotatable bonds is 5. The van der Waals surface area contributed by atoms with Gasteiger partial charge >= 0.3 is 6.03 Å². The largest absolute Gasteiger partial charge is 0.371 e. The summed E-state index contributed by atoms with van der Waals surface area (Å²) < 4.78 is 0. The lowest BCUT2D eigenvalue weighted by Gasteiger charge is -2.22. The molecule has 2 rings (SSSR count). The van der Waals surface area contributed by atoms with Gasteiger partial charge in [0.1, 0.15) is 0 Å². The van der Waals surface area contributed by atoms with Crippen molar-refractivity contribution >= 4 is 23.3 Å². The second kappa shape index (κ2) is 8.04. The summed E-state index contributed by atoms with van der Waals surface area (Å²) in [7, 11) is 3.29. The molecule has 132 valence electrons. The Morgan fingerprint density at radius 2 is 2.00 bits per heavy atom. The Hall–Kier alpha value is -2.24. The van der Waals surface area contributed by atoms with Crippen LogP contribution in [0.15, 0.2) is 24.3 Å². The van der Waals surface area contributed by atoms with Crippen molar-refractivity contribution in [3.63, 3.8) is 0 Å². The zero-order valence-electron chi connectivity index (χ0n) is 15.0. The second-order valence-electron chi connectivity index (χ2n) is 6.71. The van der Waals surface area contributed by atoms with Crippen LogP contribution in [0, 0.1) is 11.8 Å². The van der Waals surface area contributed by atoms with Crippen LogP contribution >= 0.6 is 0 Å². The van der Waals surface area contributed by atoms with Crippen molar-refractivity contribution in [2.75, 3.05) is 43.9 Å². The lowest BCUT2D eigenvalue weighted by Crippen LogP contribution is -2.39. The van der Waals surface area contributed by atoms with Crippen LogP contribution in [-0.2, 0) is 4.79 Å². The molecule has 0 saturated carbocycles. The normalized spacial score (nSPS) is 18.2. The first-order valence-corrected chi connectivity index (χ1v) is 8.49. The number of benzene rings is 1. The highest BCUT2D eigenvalue weighted by Crippen LogP contribution is 2.24. The lowest BCUT2D eigenvalue weighted by atomic mass is 10.1. The third-order valence-electron chi connectivity index (χ3n) is 4.50. The molecule has 6 heteroatoms. The molecule has 0 unspecified atom stereocenters. The molecular weight excluding hydrogens is 304 g/mol. The predicted octanol–water partition coefficient (Wildman–Crippen LogP) is 2.38. The van der Waals surface area contributed by atoms with Crippen LogP contribution in [-0.4, -0.2) is 50.6 Å². The maximum Gasteiger partial charge on any atom is 0.321 e. The summed E-state index contributed by atoms with van der Waals surface area (Å²) in [5.41, 5.74) is 1.95. The maximum atomic E-state index is 12.2. The quantitative estimate of drug-likeness (QED) is 0.870. The molecule has 0 aliphatic carbocycles. The van der Waals surface area contributed by atoms with Crippen molar-refractivity contribution < 1.29 is 9.59 Å². The van der Waals surface area contributed by atoms with Crippen LogP contribution in [0.3, 0.4) is 0 Å². The molecule has 6 nitrogen and oxygen atoms in total. The van der Waals surface area contributed by atoms with E-state index in [0.717, 1.165) is 24.7 Å². The number of carbonyl (C=O) groups is 2. The molecule has 1 aliphatic heterocycles. The summed E-state index contributed by atoms with van der Waals surface area (Å²) in [6.07, 6.45) is 1.23. The molecular formula is C18H28N4O2. The number of anilines is 2. The van der Waals surface area contributed by atoms with Crippen LogP contribution in [0.5, 0.6) is 0 Å². The van der Waals surface area contributed by atoms with Gasteiger partial charge in [0.15, 0.2) is 0 Å². The van der Waals surface area contributed by atoms with Gasteiger partial charge < -0.3 is 20.4 Å². The second-order valence-corrected chi connectivity index (χ2v) is 6.71. The van der Waals surface area contributed by atoms with Crippen molar-refractivity contribution in [3.8, 4) is 0 Å². The highest BCUT2D eigenvalue weighted by molar-refractivity contribution is 5.89. The third kappa shape index (κ3) is 4.63. The molecule has 1 aliphatic rings. The van der Waals surface area contributed by atoms with Crippen LogP contribution < -0.4 is 15.5 Å². The van der Waals surface area contributed by atoms with Gasteiger partial charge in [-0.05, 0) is 36.6 Å². The summed E-state index contributed by atoms with van der Waals surface area (Å²) >= 11 is 0. The van der Waals surface area contributed by atoms with Gasteiger partial charge in [-0.3, -0.25) is 4.79 Å². The molecule has 0 bridgehead atoms. The number of hydrogen-bond donors (Lipinski definition) is 2. The summed E-state index contributed by atoms with van der Waals surface area (Å²) in [5.74, 6) is 0.421. The minimum Gasteiger partial charge on any atom is -0.371 e. The SMILES string of the molecule is CNC(=O)[C@@H](C)CN(C)C(=O)Nc1ccc(N2CC[C@@H](C)C2)cc1. The summed E-state index contributed by atoms with van der Waals surface area (Å²) in [4.78, 5) is 27.6. The van der Waals surface area contributed by atoms with E-state index in [-0.39, 0.29) is 17.9 Å². The fourth-order valence-corrected chi connectivity index (χ4v) is 2.97. The average Bonchev–Trinajstić information content (AvgIpc) is 3.01. The molecule has 1 aromatic carbocycles. The van der Waals surface area contributed by atoms with Gasteiger partial charge in [0.2, 0.25) is 5.91 Å².